The highest BCUT2D eigenvalue weighted by Crippen LogP contribution is 2.22. The average molecular weight is 376 g/mol. The molecule has 25 heavy (non-hydrogen) atoms. The molecule has 0 N–H and O–H groups in total. The molecule has 0 amide bonds. The lowest BCUT2D eigenvalue weighted by Crippen LogP contribution is -2.17. The Balaban J connectivity index is 0.00000225. The molecule has 1 nitrogen and oxygen atoms in total. The maximum atomic E-state index is 5.91. The van der Waals surface area contributed by atoms with Crippen LogP contribution in [0.3, 0.4) is 0 Å². The molecule has 3 rings (SSSR count). The second-order valence-electron chi connectivity index (χ2n) is 6.81. The van der Waals surface area contributed by atoms with Crippen molar-refractivity contribution in [3.05, 3.63) is 75.8 Å². The Hall–Kier alpha value is -1.28. The molecule has 0 aliphatic heterocycles. The van der Waals surface area contributed by atoms with E-state index in [1.54, 1.807) is 11.1 Å². The van der Waals surface area contributed by atoms with Gasteiger partial charge in [-0.3, -0.25) is 4.90 Å². The van der Waals surface area contributed by atoms with Crippen LogP contribution in [0.15, 0.2) is 48.5 Å². The minimum atomic E-state index is 0. The van der Waals surface area contributed by atoms with Crippen molar-refractivity contribution < 1.29 is 0 Å². The molecule has 2 aromatic rings. The molecule has 0 bridgehead atoms. The van der Waals surface area contributed by atoms with Crippen molar-refractivity contribution >= 4 is 30.1 Å². The molecule has 1 aliphatic carbocycles. The van der Waals surface area contributed by atoms with Gasteiger partial charge >= 0.3 is 0 Å². The van der Waals surface area contributed by atoms with E-state index in [2.05, 4.69) is 42.3 Å². The average Bonchev–Trinajstić information content (AvgIpc) is 2.81. The van der Waals surface area contributed by atoms with Crippen LogP contribution in [-0.4, -0.2) is 18.5 Å². The normalized spacial score (nSPS) is 14.2. The van der Waals surface area contributed by atoms with E-state index < -0.39 is 0 Å². The fraction of sp³-hybridized carbons (Fsp3) is 0.364. The first-order valence-corrected chi connectivity index (χ1v) is 9.30. The van der Waals surface area contributed by atoms with E-state index >= 15 is 0 Å². The maximum absolute atomic E-state index is 5.91. The largest absolute Gasteiger partial charge is 0.298 e. The maximum Gasteiger partial charge on any atom is 0.0406 e. The minimum Gasteiger partial charge on any atom is -0.298 e. The molecular weight excluding hydrogens is 349 g/mol. The van der Waals surface area contributed by atoms with Crippen LogP contribution in [0.25, 0.3) is 6.08 Å². The van der Waals surface area contributed by atoms with Gasteiger partial charge in [0.15, 0.2) is 0 Å². The zero-order chi connectivity index (χ0) is 16.8. The summed E-state index contributed by atoms with van der Waals surface area (Å²) in [6.45, 7) is 1.94. The zero-order valence-electron chi connectivity index (χ0n) is 14.9. The lowest BCUT2D eigenvalue weighted by atomic mass is 10.00. The SMILES string of the molecule is CN(C/C=C/c1ccc(Cl)cc1)Cc1ccc2c(c1)CCCCC2.Cl. The summed E-state index contributed by atoms with van der Waals surface area (Å²) in [6, 6.07) is 15.1. The van der Waals surface area contributed by atoms with Crippen molar-refractivity contribution in [2.75, 3.05) is 13.6 Å². The number of hydrogen-bond acceptors (Lipinski definition) is 1. The predicted octanol–water partition coefficient (Wildman–Crippen LogP) is 6.18. The molecule has 0 saturated heterocycles. The van der Waals surface area contributed by atoms with Gasteiger partial charge in [0.05, 0.1) is 0 Å². The topological polar surface area (TPSA) is 3.24 Å². The quantitative estimate of drug-likeness (QED) is 0.564. The van der Waals surface area contributed by atoms with Gasteiger partial charge in [0.2, 0.25) is 0 Å². The van der Waals surface area contributed by atoms with Crippen molar-refractivity contribution in [1.82, 2.24) is 4.90 Å². The first-order valence-electron chi connectivity index (χ1n) is 8.92. The standard InChI is InChI=1S/C22H26ClN.ClH/c1-24(15-5-6-18-10-13-22(23)14-11-18)17-19-9-12-20-7-3-2-4-8-21(20)16-19;/h5-6,9-14,16H,2-4,7-8,15,17H2,1H3;1H/b6-5+;. The third kappa shape index (κ3) is 6.18. The summed E-state index contributed by atoms with van der Waals surface area (Å²) in [5.74, 6) is 0. The van der Waals surface area contributed by atoms with Gasteiger partial charge in [0, 0.05) is 18.1 Å². The molecule has 0 atom stereocenters. The van der Waals surface area contributed by atoms with Crippen molar-refractivity contribution in [3.63, 3.8) is 0 Å². The Morgan fingerprint density at radius 2 is 1.68 bits per heavy atom. The third-order valence-electron chi connectivity index (χ3n) is 4.71. The van der Waals surface area contributed by atoms with Crippen LogP contribution in [-0.2, 0) is 19.4 Å². The third-order valence-corrected chi connectivity index (χ3v) is 4.96. The molecule has 0 heterocycles. The number of halogens is 2. The van der Waals surface area contributed by atoms with E-state index in [-0.39, 0.29) is 12.4 Å². The van der Waals surface area contributed by atoms with Gasteiger partial charge in [0.1, 0.15) is 0 Å². The predicted molar refractivity (Wildman–Crippen MR) is 112 cm³/mol. The van der Waals surface area contributed by atoms with Crippen molar-refractivity contribution in [2.45, 2.75) is 38.6 Å². The number of aryl methyl sites for hydroxylation is 2. The van der Waals surface area contributed by atoms with Crippen LogP contribution in [0, 0.1) is 0 Å². The summed E-state index contributed by atoms with van der Waals surface area (Å²) in [5, 5.41) is 0.785. The fourth-order valence-electron chi connectivity index (χ4n) is 3.38. The van der Waals surface area contributed by atoms with Crippen LogP contribution in [0.2, 0.25) is 5.02 Å². The van der Waals surface area contributed by atoms with Crippen LogP contribution < -0.4 is 0 Å². The van der Waals surface area contributed by atoms with E-state index in [1.165, 1.54) is 43.2 Å². The number of hydrogen-bond donors (Lipinski definition) is 0. The van der Waals surface area contributed by atoms with Gasteiger partial charge in [-0.15, -0.1) is 12.4 Å². The van der Waals surface area contributed by atoms with Gasteiger partial charge in [-0.05, 0) is 67.1 Å². The Bertz CT molecular complexity index is 692. The number of benzene rings is 2. The lowest BCUT2D eigenvalue weighted by molar-refractivity contribution is 0.364. The van der Waals surface area contributed by atoms with Gasteiger partial charge in [0.25, 0.3) is 0 Å². The Morgan fingerprint density at radius 1 is 0.960 bits per heavy atom. The monoisotopic (exact) mass is 375 g/mol. The number of nitrogens with zero attached hydrogens (tertiary/aromatic N) is 1. The van der Waals surface area contributed by atoms with E-state index in [9.17, 15) is 0 Å². The Labute approximate surface area is 163 Å². The van der Waals surface area contributed by atoms with Gasteiger partial charge < -0.3 is 0 Å². The molecule has 0 saturated carbocycles. The summed E-state index contributed by atoms with van der Waals surface area (Å²) in [6.07, 6.45) is 11.0. The Morgan fingerprint density at radius 3 is 2.44 bits per heavy atom. The molecule has 0 unspecified atom stereocenters. The van der Waals surface area contributed by atoms with E-state index in [4.69, 9.17) is 11.6 Å². The molecule has 0 radical (unpaired) electrons. The molecule has 2 aromatic carbocycles. The highest BCUT2D eigenvalue weighted by molar-refractivity contribution is 6.30. The number of rotatable bonds is 5. The van der Waals surface area contributed by atoms with Crippen molar-refractivity contribution in [1.29, 1.82) is 0 Å². The van der Waals surface area contributed by atoms with Crippen LogP contribution in [0.4, 0.5) is 0 Å². The molecular formula is C22H27Cl2N. The van der Waals surface area contributed by atoms with Crippen molar-refractivity contribution in [3.8, 4) is 0 Å². The lowest BCUT2D eigenvalue weighted by Gasteiger charge is -2.16. The molecule has 1 aliphatic rings. The van der Waals surface area contributed by atoms with Crippen molar-refractivity contribution in [2.24, 2.45) is 0 Å². The van der Waals surface area contributed by atoms with Gasteiger partial charge in [-0.2, -0.15) is 0 Å². The van der Waals surface area contributed by atoms with Crippen LogP contribution in [0.5, 0.6) is 0 Å². The molecule has 0 aromatic heterocycles. The van der Waals surface area contributed by atoms with Gasteiger partial charge in [-0.25, -0.2) is 0 Å². The number of likely N-dealkylation sites (N-methyl/N-ethyl adjacent to an activating group) is 1. The van der Waals surface area contributed by atoms with E-state index in [0.29, 0.717) is 0 Å². The molecule has 3 heteroatoms. The van der Waals surface area contributed by atoms with Gasteiger partial charge in [-0.1, -0.05) is 60.5 Å². The highest BCUT2D eigenvalue weighted by Gasteiger charge is 2.09. The number of fused-ring (bicyclic) bond motifs is 1. The summed E-state index contributed by atoms with van der Waals surface area (Å²) in [7, 11) is 2.18. The van der Waals surface area contributed by atoms with E-state index in [0.717, 1.165) is 18.1 Å². The molecule has 0 spiro atoms. The second kappa shape index (κ2) is 10.0. The Kier molecular flexibility index (Phi) is 8.02. The first kappa shape index (κ1) is 20.0. The highest BCUT2D eigenvalue weighted by atomic mass is 35.5. The minimum absolute atomic E-state index is 0. The van der Waals surface area contributed by atoms with E-state index in [1.807, 2.05) is 24.3 Å². The second-order valence-corrected chi connectivity index (χ2v) is 7.25. The zero-order valence-corrected chi connectivity index (χ0v) is 16.5. The van der Waals surface area contributed by atoms with Crippen LogP contribution >= 0.6 is 24.0 Å². The summed E-state index contributed by atoms with van der Waals surface area (Å²) < 4.78 is 0. The summed E-state index contributed by atoms with van der Waals surface area (Å²) >= 11 is 5.91. The fourth-order valence-corrected chi connectivity index (χ4v) is 3.51. The molecule has 134 valence electrons. The summed E-state index contributed by atoms with van der Waals surface area (Å²) in [4.78, 5) is 2.35. The smallest absolute Gasteiger partial charge is 0.0406 e. The molecule has 0 fully saturated rings. The first-order chi connectivity index (χ1) is 11.7. The van der Waals surface area contributed by atoms with Crippen LogP contribution in [0.1, 0.15) is 41.5 Å². The summed E-state index contributed by atoms with van der Waals surface area (Å²) in [5.41, 5.74) is 5.77.